The molecule has 0 aliphatic heterocycles. The molecule has 0 radical (unpaired) electrons. The number of carbonyl (C=O) groups excluding carboxylic acids is 2. The van der Waals surface area contributed by atoms with Gasteiger partial charge in [-0.25, -0.2) is 4.79 Å². The highest BCUT2D eigenvalue weighted by Gasteiger charge is 2.21. The molecule has 0 saturated carbocycles. The van der Waals surface area contributed by atoms with Crippen molar-refractivity contribution < 1.29 is 14.3 Å². The summed E-state index contributed by atoms with van der Waals surface area (Å²) in [5.74, 6) is -0.704. The Kier molecular flexibility index (Phi) is 5.72. The summed E-state index contributed by atoms with van der Waals surface area (Å²) in [4.78, 5) is 24.0. The molecule has 1 atom stereocenters. The molecule has 0 unspecified atom stereocenters. The minimum atomic E-state index is -0.655. The van der Waals surface area contributed by atoms with Crippen LogP contribution < -0.4 is 5.32 Å². The number of amides is 1. The SMILES string of the molecule is COC(=O)[C@@H](CCc1ccccc1)NC(=O)c1ccccc1. The van der Waals surface area contributed by atoms with Gasteiger partial charge in [0.25, 0.3) is 5.91 Å². The summed E-state index contributed by atoms with van der Waals surface area (Å²) in [5.41, 5.74) is 1.64. The number of hydrogen-bond acceptors (Lipinski definition) is 3. The van der Waals surface area contributed by atoms with Crippen LogP contribution in [0.2, 0.25) is 0 Å². The number of hydrogen-bond donors (Lipinski definition) is 1. The second-order valence-corrected chi connectivity index (χ2v) is 4.94. The highest BCUT2D eigenvalue weighted by atomic mass is 16.5. The molecule has 0 bridgehead atoms. The zero-order chi connectivity index (χ0) is 15.8. The summed E-state index contributed by atoms with van der Waals surface area (Å²) in [6, 6.07) is 18.0. The van der Waals surface area contributed by atoms with E-state index in [9.17, 15) is 9.59 Å². The minimum Gasteiger partial charge on any atom is -0.467 e. The average molecular weight is 297 g/mol. The maximum absolute atomic E-state index is 12.2. The summed E-state index contributed by atoms with van der Waals surface area (Å²) in [5, 5.41) is 2.74. The fraction of sp³-hybridized carbons (Fsp3) is 0.222. The smallest absolute Gasteiger partial charge is 0.328 e. The van der Waals surface area contributed by atoms with Crippen LogP contribution in [-0.2, 0) is 16.0 Å². The fourth-order valence-corrected chi connectivity index (χ4v) is 2.18. The van der Waals surface area contributed by atoms with E-state index < -0.39 is 12.0 Å². The molecule has 1 amide bonds. The number of esters is 1. The van der Waals surface area contributed by atoms with Crippen molar-refractivity contribution in [3.63, 3.8) is 0 Å². The second-order valence-electron chi connectivity index (χ2n) is 4.94. The highest BCUT2D eigenvalue weighted by Crippen LogP contribution is 2.07. The molecule has 0 saturated heterocycles. The number of benzene rings is 2. The summed E-state index contributed by atoms with van der Waals surface area (Å²) < 4.78 is 4.78. The highest BCUT2D eigenvalue weighted by molar-refractivity contribution is 5.96. The molecule has 0 aliphatic carbocycles. The Morgan fingerprint density at radius 1 is 1.00 bits per heavy atom. The zero-order valence-corrected chi connectivity index (χ0v) is 12.5. The van der Waals surface area contributed by atoms with Gasteiger partial charge in [0.05, 0.1) is 7.11 Å². The standard InChI is InChI=1S/C18H19NO3/c1-22-18(21)16(13-12-14-8-4-2-5-9-14)19-17(20)15-10-6-3-7-11-15/h2-11,16H,12-13H2,1H3,(H,19,20)/t16-/m1/s1. The number of rotatable bonds is 6. The molecule has 1 N–H and O–H groups in total. The Morgan fingerprint density at radius 3 is 2.18 bits per heavy atom. The van der Waals surface area contributed by atoms with Gasteiger partial charge < -0.3 is 10.1 Å². The van der Waals surface area contributed by atoms with Crippen LogP contribution in [-0.4, -0.2) is 25.0 Å². The van der Waals surface area contributed by atoms with Gasteiger partial charge in [0.2, 0.25) is 0 Å². The van der Waals surface area contributed by atoms with Crippen LogP contribution >= 0.6 is 0 Å². The van der Waals surface area contributed by atoms with Crippen molar-refractivity contribution in [2.24, 2.45) is 0 Å². The molecular formula is C18H19NO3. The predicted octanol–water partition coefficient (Wildman–Crippen LogP) is 2.59. The molecule has 2 rings (SSSR count). The van der Waals surface area contributed by atoms with Crippen LogP contribution in [0.5, 0.6) is 0 Å². The molecule has 0 fully saturated rings. The Morgan fingerprint density at radius 2 is 1.59 bits per heavy atom. The third-order valence-electron chi connectivity index (χ3n) is 3.39. The maximum Gasteiger partial charge on any atom is 0.328 e. The molecule has 22 heavy (non-hydrogen) atoms. The van der Waals surface area contributed by atoms with Crippen LogP contribution in [0.4, 0.5) is 0 Å². The molecule has 0 aliphatic rings. The van der Waals surface area contributed by atoms with Crippen LogP contribution in [0.3, 0.4) is 0 Å². The van der Waals surface area contributed by atoms with E-state index in [1.807, 2.05) is 36.4 Å². The summed E-state index contributed by atoms with van der Waals surface area (Å²) in [7, 11) is 1.33. The van der Waals surface area contributed by atoms with Crippen molar-refractivity contribution in [1.82, 2.24) is 5.32 Å². The fourth-order valence-electron chi connectivity index (χ4n) is 2.18. The van der Waals surface area contributed by atoms with Gasteiger partial charge in [-0.15, -0.1) is 0 Å². The van der Waals surface area contributed by atoms with Crippen molar-refractivity contribution in [1.29, 1.82) is 0 Å². The van der Waals surface area contributed by atoms with Crippen LogP contribution in [0.25, 0.3) is 0 Å². The molecular weight excluding hydrogens is 278 g/mol. The minimum absolute atomic E-state index is 0.274. The molecule has 0 aromatic heterocycles. The number of carbonyl (C=O) groups is 2. The normalized spacial score (nSPS) is 11.5. The van der Waals surface area contributed by atoms with Gasteiger partial charge >= 0.3 is 5.97 Å². The van der Waals surface area contributed by atoms with E-state index in [1.165, 1.54) is 7.11 Å². The Hall–Kier alpha value is -2.62. The Bertz CT molecular complexity index is 611. The Labute approximate surface area is 130 Å². The number of nitrogens with one attached hydrogen (secondary N) is 1. The third-order valence-corrected chi connectivity index (χ3v) is 3.39. The van der Waals surface area contributed by atoms with E-state index in [-0.39, 0.29) is 5.91 Å². The van der Waals surface area contributed by atoms with Gasteiger partial charge in [0, 0.05) is 5.56 Å². The number of methoxy groups -OCH3 is 1. The van der Waals surface area contributed by atoms with Gasteiger partial charge in [-0.1, -0.05) is 48.5 Å². The van der Waals surface area contributed by atoms with Crippen LogP contribution in [0, 0.1) is 0 Å². The van der Waals surface area contributed by atoms with Gasteiger partial charge in [-0.3, -0.25) is 4.79 Å². The third kappa shape index (κ3) is 4.45. The maximum atomic E-state index is 12.2. The predicted molar refractivity (Wildman–Crippen MR) is 84.5 cm³/mol. The molecule has 4 nitrogen and oxygen atoms in total. The van der Waals surface area contributed by atoms with Gasteiger partial charge in [0.15, 0.2) is 0 Å². The average Bonchev–Trinajstić information content (AvgIpc) is 2.59. The lowest BCUT2D eigenvalue weighted by Gasteiger charge is -2.16. The van der Waals surface area contributed by atoms with Crippen molar-refractivity contribution in [2.75, 3.05) is 7.11 Å². The molecule has 114 valence electrons. The topological polar surface area (TPSA) is 55.4 Å². The van der Waals surface area contributed by atoms with E-state index in [0.29, 0.717) is 18.4 Å². The quantitative estimate of drug-likeness (QED) is 0.834. The van der Waals surface area contributed by atoms with Gasteiger partial charge in [-0.05, 0) is 30.5 Å². The van der Waals surface area contributed by atoms with Crippen molar-refractivity contribution in [3.8, 4) is 0 Å². The van der Waals surface area contributed by atoms with E-state index in [4.69, 9.17) is 4.74 Å². The summed E-state index contributed by atoms with van der Waals surface area (Å²) in [6.45, 7) is 0. The van der Waals surface area contributed by atoms with Crippen LogP contribution in [0.15, 0.2) is 60.7 Å². The lowest BCUT2D eigenvalue weighted by molar-refractivity contribution is -0.143. The number of ether oxygens (including phenoxy) is 1. The first-order valence-corrected chi connectivity index (χ1v) is 7.18. The van der Waals surface area contributed by atoms with E-state index in [1.54, 1.807) is 24.3 Å². The summed E-state index contributed by atoms with van der Waals surface area (Å²) >= 11 is 0. The van der Waals surface area contributed by atoms with E-state index in [2.05, 4.69) is 5.32 Å². The molecule has 0 spiro atoms. The van der Waals surface area contributed by atoms with Crippen LogP contribution in [0.1, 0.15) is 22.3 Å². The molecule has 0 heterocycles. The zero-order valence-electron chi connectivity index (χ0n) is 12.5. The van der Waals surface area contributed by atoms with E-state index >= 15 is 0 Å². The first-order chi connectivity index (χ1) is 10.7. The second kappa shape index (κ2) is 7.98. The lowest BCUT2D eigenvalue weighted by atomic mass is 10.0. The molecule has 2 aromatic rings. The van der Waals surface area contributed by atoms with Gasteiger partial charge in [-0.2, -0.15) is 0 Å². The van der Waals surface area contributed by atoms with Crippen molar-refractivity contribution in [2.45, 2.75) is 18.9 Å². The largest absolute Gasteiger partial charge is 0.467 e. The first kappa shape index (κ1) is 15.8. The van der Waals surface area contributed by atoms with E-state index in [0.717, 1.165) is 5.56 Å². The number of aryl methyl sites for hydroxylation is 1. The van der Waals surface area contributed by atoms with Crippen molar-refractivity contribution >= 4 is 11.9 Å². The lowest BCUT2D eigenvalue weighted by Crippen LogP contribution is -2.41. The summed E-state index contributed by atoms with van der Waals surface area (Å²) in [6.07, 6.45) is 1.19. The van der Waals surface area contributed by atoms with Crippen molar-refractivity contribution in [3.05, 3.63) is 71.8 Å². The Balaban J connectivity index is 2.00. The molecule has 2 aromatic carbocycles. The molecule has 4 heteroatoms. The first-order valence-electron chi connectivity index (χ1n) is 7.18. The van der Waals surface area contributed by atoms with Gasteiger partial charge in [0.1, 0.15) is 6.04 Å². The monoisotopic (exact) mass is 297 g/mol.